The van der Waals surface area contributed by atoms with Gasteiger partial charge in [-0.15, -0.1) is 0 Å². The second-order valence-electron chi connectivity index (χ2n) is 17.8. The van der Waals surface area contributed by atoms with Crippen LogP contribution in [0.3, 0.4) is 0 Å². The first-order valence-corrected chi connectivity index (χ1v) is 23.5. The van der Waals surface area contributed by atoms with Gasteiger partial charge in [0.2, 0.25) is 41.4 Å². The molecule has 3 aromatic carbocycles. The van der Waals surface area contributed by atoms with E-state index >= 15 is 0 Å². The van der Waals surface area contributed by atoms with Gasteiger partial charge in [-0.2, -0.15) is 0 Å². The molecule has 7 amide bonds. The fourth-order valence-electron chi connectivity index (χ4n) is 9.45. The number of rotatable bonds is 13. The van der Waals surface area contributed by atoms with Crippen LogP contribution in [0.25, 0.3) is 10.8 Å². The van der Waals surface area contributed by atoms with Crippen LogP contribution in [-0.2, 0) is 46.4 Å². The second kappa shape index (κ2) is 24.1. The molecule has 2 aliphatic heterocycles. The maximum atomic E-state index is 14.7. The third kappa shape index (κ3) is 14.0. The van der Waals surface area contributed by atoms with E-state index in [-0.39, 0.29) is 63.6 Å². The highest BCUT2D eigenvalue weighted by Gasteiger charge is 2.40. The van der Waals surface area contributed by atoms with E-state index in [4.69, 9.17) is 11.5 Å². The van der Waals surface area contributed by atoms with Crippen molar-refractivity contribution >= 4 is 58.1 Å². The molecule has 0 aromatic heterocycles. The average Bonchev–Trinajstić information content (AvgIpc) is 3.81. The first kappa shape index (κ1) is 48.9. The minimum atomic E-state index is -1.14. The maximum Gasteiger partial charge on any atom is 0.245 e. The standard InChI is InChI=1S/C49H66N10O7/c1-31(60)54-39(28-32-14-4-2-5-15-32)44(62)56-38-23-12-25-52-43(61)37(22-11-26-53-49(50)51)55-46(64)41(30-35-20-10-19-34-18-8-9-21-36(34)35)57-45(63)40(29-33-16-6-3-7-17-33)58-47(65)42-24-13-27-59(42)48(38)66/h2,4-5,8-10,14-15,18-21,33,37-42H,3,6-7,11-13,16-17,22-30H2,1H3,(H,52,61)(H,54,60)(H,55,64)(H,56,62)(H,57,63)(H,58,65)(H4,50,51,53)/t37-,38-,39-,40+,41-,42-/m0/s1. The third-order valence-electron chi connectivity index (χ3n) is 12.8. The summed E-state index contributed by atoms with van der Waals surface area (Å²) in [4.78, 5) is 104. The molecule has 6 atom stereocenters. The van der Waals surface area contributed by atoms with Gasteiger partial charge in [-0.25, -0.2) is 0 Å². The molecule has 3 fully saturated rings. The summed E-state index contributed by atoms with van der Waals surface area (Å²) in [7, 11) is 0. The average molecular weight is 907 g/mol. The number of amides is 7. The van der Waals surface area contributed by atoms with Crippen molar-refractivity contribution in [3.63, 3.8) is 0 Å². The van der Waals surface area contributed by atoms with E-state index in [1.54, 1.807) is 0 Å². The zero-order valence-corrected chi connectivity index (χ0v) is 37.9. The number of nitrogens with one attached hydrogen (secondary N) is 6. The molecule has 0 unspecified atom stereocenters. The van der Waals surface area contributed by atoms with Crippen molar-refractivity contribution in [2.45, 2.75) is 133 Å². The molecule has 17 nitrogen and oxygen atoms in total. The largest absolute Gasteiger partial charge is 0.370 e. The van der Waals surface area contributed by atoms with Crippen LogP contribution >= 0.6 is 0 Å². The lowest BCUT2D eigenvalue weighted by atomic mass is 9.84. The topological polar surface area (TPSA) is 259 Å². The minimum absolute atomic E-state index is 0.0703. The van der Waals surface area contributed by atoms with E-state index in [1.165, 1.54) is 11.8 Å². The molecule has 3 aromatic rings. The number of hydrogen-bond acceptors (Lipinski definition) is 8. The van der Waals surface area contributed by atoms with Crippen LogP contribution in [-0.4, -0.2) is 108 Å². The number of nitrogens with two attached hydrogens (primary N) is 2. The number of nitrogens with zero attached hydrogens (tertiary/aromatic N) is 2. The number of carbonyl (C=O) groups is 7. The fourth-order valence-corrected chi connectivity index (χ4v) is 9.45. The lowest BCUT2D eigenvalue weighted by molar-refractivity contribution is -0.142. The Morgan fingerprint density at radius 1 is 0.758 bits per heavy atom. The Kier molecular flexibility index (Phi) is 17.9. The molecular formula is C49H66N10O7. The van der Waals surface area contributed by atoms with Crippen molar-refractivity contribution in [1.82, 2.24) is 36.8 Å². The highest BCUT2D eigenvalue weighted by molar-refractivity contribution is 5.98. The van der Waals surface area contributed by atoms with E-state index < -0.39 is 77.6 Å². The van der Waals surface area contributed by atoms with Gasteiger partial charge in [0.15, 0.2) is 5.96 Å². The van der Waals surface area contributed by atoms with Gasteiger partial charge in [0.1, 0.15) is 36.3 Å². The Labute approximate surface area is 386 Å². The van der Waals surface area contributed by atoms with Gasteiger partial charge < -0.3 is 48.3 Å². The van der Waals surface area contributed by atoms with Gasteiger partial charge in [-0.3, -0.25) is 38.6 Å². The molecule has 1 saturated carbocycles. The minimum Gasteiger partial charge on any atom is -0.370 e. The molecule has 66 heavy (non-hydrogen) atoms. The van der Waals surface area contributed by atoms with Crippen LogP contribution in [0.2, 0.25) is 0 Å². The van der Waals surface area contributed by atoms with E-state index in [1.807, 2.05) is 72.8 Å². The van der Waals surface area contributed by atoms with Crippen molar-refractivity contribution in [1.29, 1.82) is 0 Å². The van der Waals surface area contributed by atoms with Crippen LogP contribution < -0.4 is 43.4 Å². The fraction of sp³-hybridized carbons (Fsp3) is 0.510. The molecule has 10 N–H and O–H groups in total. The molecule has 0 radical (unpaired) electrons. The normalized spacial score (nSPS) is 23.2. The zero-order chi connectivity index (χ0) is 47.0. The molecule has 0 bridgehead atoms. The first-order valence-electron chi connectivity index (χ1n) is 23.5. The second-order valence-corrected chi connectivity index (χ2v) is 17.8. The Bertz CT molecular complexity index is 2210. The Hall–Kier alpha value is -6.52. The molecule has 1 aliphatic carbocycles. The lowest BCUT2D eigenvalue weighted by Gasteiger charge is -2.32. The van der Waals surface area contributed by atoms with Crippen LogP contribution in [0, 0.1) is 5.92 Å². The molecular weight excluding hydrogens is 841 g/mol. The first-order chi connectivity index (χ1) is 31.9. The maximum absolute atomic E-state index is 14.7. The van der Waals surface area contributed by atoms with E-state index in [0.29, 0.717) is 25.7 Å². The van der Waals surface area contributed by atoms with E-state index in [9.17, 15) is 33.6 Å². The quantitative estimate of drug-likeness (QED) is 0.0708. The molecule has 6 rings (SSSR count). The van der Waals surface area contributed by atoms with Crippen LogP contribution in [0.5, 0.6) is 0 Å². The van der Waals surface area contributed by atoms with Gasteiger partial charge in [0, 0.05) is 39.4 Å². The summed E-state index contributed by atoms with van der Waals surface area (Å²) >= 11 is 0. The molecule has 2 heterocycles. The van der Waals surface area contributed by atoms with Gasteiger partial charge >= 0.3 is 0 Å². The number of fused-ring (bicyclic) bond motifs is 2. The van der Waals surface area contributed by atoms with E-state index in [0.717, 1.165) is 54.0 Å². The third-order valence-corrected chi connectivity index (χ3v) is 12.8. The summed E-state index contributed by atoms with van der Waals surface area (Å²) in [5.74, 6) is -3.57. The number of hydrogen-bond donors (Lipinski definition) is 8. The predicted molar refractivity (Wildman–Crippen MR) is 251 cm³/mol. The van der Waals surface area contributed by atoms with Crippen molar-refractivity contribution < 1.29 is 33.6 Å². The Morgan fingerprint density at radius 3 is 2.21 bits per heavy atom. The molecule has 2 saturated heterocycles. The van der Waals surface area contributed by atoms with Gasteiger partial charge in [-0.05, 0) is 72.8 Å². The highest BCUT2D eigenvalue weighted by atomic mass is 16.2. The lowest BCUT2D eigenvalue weighted by Crippen LogP contribution is -2.60. The van der Waals surface area contributed by atoms with Crippen LogP contribution in [0.4, 0.5) is 0 Å². The number of aliphatic imine (C=N–C) groups is 1. The highest BCUT2D eigenvalue weighted by Crippen LogP contribution is 2.28. The predicted octanol–water partition coefficient (Wildman–Crippen LogP) is 1.99. The summed E-state index contributed by atoms with van der Waals surface area (Å²) < 4.78 is 0. The Balaban J connectivity index is 1.32. The molecule has 3 aliphatic rings. The number of guanidine groups is 1. The Morgan fingerprint density at radius 2 is 1.45 bits per heavy atom. The van der Waals surface area contributed by atoms with Crippen LogP contribution in [0.1, 0.15) is 95.1 Å². The smallest absolute Gasteiger partial charge is 0.245 e. The summed E-state index contributed by atoms with van der Waals surface area (Å²) in [6.45, 7) is 1.83. The van der Waals surface area contributed by atoms with Crippen molar-refractivity contribution in [3.05, 3.63) is 83.9 Å². The molecule has 17 heteroatoms. The monoisotopic (exact) mass is 907 g/mol. The molecule has 354 valence electrons. The number of carbonyl (C=O) groups excluding carboxylic acids is 7. The SMILES string of the molecule is CC(=O)N[C@@H](Cc1ccccc1)C(=O)N[C@H]1CCCNC(=O)[C@H](CCCN=C(N)N)NC(=O)[C@H](Cc2cccc3ccccc23)NC(=O)[C@@H](CC2CCCCC2)NC(=O)[C@@H]2CCCN2C1=O. The summed E-state index contributed by atoms with van der Waals surface area (Å²) in [6, 6.07) is 16.4. The van der Waals surface area contributed by atoms with Gasteiger partial charge in [0.05, 0.1) is 0 Å². The van der Waals surface area contributed by atoms with Gasteiger partial charge in [0.25, 0.3) is 0 Å². The zero-order valence-electron chi connectivity index (χ0n) is 37.9. The van der Waals surface area contributed by atoms with Crippen molar-refractivity contribution in [2.24, 2.45) is 22.4 Å². The van der Waals surface area contributed by atoms with Crippen molar-refractivity contribution in [2.75, 3.05) is 19.6 Å². The molecule has 0 spiro atoms. The van der Waals surface area contributed by atoms with E-state index in [2.05, 4.69) is 36.9 Å². The summed E-state index contributed by atoms with van der Waals surface area (Å²) in [6.07, 6.45) is 7.10. The summed E-state index contributed by atoms with van der Waals surface area (Å²) in [5, 5.41) is 19.3. The van der Waals surface area contributed by atoms with Crippen LogP contribution in [0.15, 0.2) is 77.8 Å². The van der Waals surface area contributed by atoms with Crippen molar-refractivity contribution in [3.8, 4) is 0 Å². The van der Waals surface area contributed by atoms with Gasteiger partial charge in [-0.1, -0.05) is 105 Å². The number of benzene rings is 3. The summed E-state index contributed by atoms with van der Waals surface area (Å²) in [5.41, 5.74) is 12.7.